The van der Waals surface area contributed by atoms with Gasteiger partial charge in [-0.05, 0) is 36.4 Å². The molecule has 2 aromatic carbocycles. The third-order valence-corrected chi connectivity index (χ3v) is 3.92. The third kappa shape index (κ3) is 2.37. The molecule has 4 nitrogen and oxygen atoms in total. The first-order chi connectivity index (χ1) is 11.3. The van der Waals surface area contributed by atoms with Gasteiger partial charge >= 0.3 is 0 Å². The van der Waals surface area contributed by atoms with Crippen LogP contribution >= 0.6 is 11.6 Å². The van der Waals surface area contributed by atoms with Crippen molar-refractivity contribution in [3.8, 4) is 11.4 Å². The molecule has 5 heteroatoms. The van der Waals surface area contributed by atoms with Crippen LogP contribution in [0.4, 0.5) is 0 Å². The lowest BCUT2D eigenvalue weighted by molar-refractivity contribution is 0.851. The largest absolute Gasteiger partial charge is 0.303 e. The van der Waals surface area contributed by atoms with Crippen molar-refractivity contribution in [1.82, 2.24) is 19.5 Å². The van der Waals surface area contributed by atoms with E-state index in [0.717, 1.165) is 28.1 Å². The summed E-state index contributed by atoms with van der Waals surface area (Å²) in [6.45, 7) is 4.45. The Morgan fingerprint density at radius 3 is 2.35 bits per heavy atom. The molecule has 0 spiro atoms. The van der Waals surface area contributed by atoms with Crippen molar-refractivity contribution in [3.05, 3.63) is 66.2 Å². The van der Waals surface area contributed by atoms with Gasteiger partial charge in [0.05, 0.1) is 11.0 Å². The van der Waals surface area contributed by atoms with E-state index >= 15 is 0 Å². The molecule has 0 N–H and O–H groups in total. The smallest absolute Gasteiger partial charge is 0.198 e. The molecule has 0 aliphatic heterocycles. The monoisotopic (exact) mass is 320 g/mol. The van der Waals surface area contributed by atoms with E-state index in [1.165, 1.54) is 0 Å². The van der Waals surface area contributed by atoms with Gasteiger partial charge in [0.2, 0.25) is 0 Å². The number of para-hydroxylation sites is 2. The maximum atomic E-state index is 5.98. The predicted octanol–water partition coefficient (Wildman–Crippen LogP) is 4.49. The fourth-order valence-corrected chi connectivity index (χ4v) is 2.75. The summed E-state index contributed by atoms with van der Waals surface area (Å²) in [6.07, 6.45) is 1.83. The molecular formula is C18H13ClN4. The molecule has 0 aliphatic carbocycles. The van der Waals surface area contributed by atoms with Crippen LogP contribution in [0.2, 0.25) is 5.02 Å². The van der Waals surface area contributed by atoms with Crippen LogP contribution < -0.4 is 0 Å². The Bertz CT molecular complexity index is 1020. The van der Waals surface area contributed by atoms with Gasteiger partial charge < -0.3 is 4.57 Å². The van der Waals surface area contributed by atoms with Crippen molar-refractivity contribution in [2.75, 3.05) is 0 Å². The van der Waals surface area contributed by atoms with Crippen LogP contribution in [-0.2, 0) is 6.54 Å². The second-order valence-electron chi connectivity index (χ2n) is 5.20. The standard InChI is InChI=1S/C18H13ClN4/c1-2-11-23-17(12-7-9-13(19)10-8-12)22-16-18(23)21-15-6-4-3-5-14(15)20-16/h2-10H,1,11H2. The van der Waals surface area contributed by atoms with Gasteiger partial charge in [0.1, 0.15) is 5.82 Å². The highest BCUT2D eigenvalue weighted by Crippen LogP contribution is 2.25. The third-order valence-electron chi connectivity index (χ3n) is 3.67. The zero-order chi connectivity index (χ0) is 15.8. The molecule has 0 atom stereocenters. The van der Waals surface area contributed by atoms with Crippen LogP contribution in [0.1, 0.15) is 0 Å². The first-order valence-corrected chi connectivity index (χ1v) is 7.64. The van der Waals surface area contributed by atoms with Crippen molar-refractivity contribution < 1.29 is 0 Å². The minimum Gasteiger partial charge on any atom is -0.303 e. The topological polar surface area (TPSA) is 43.6 Å². The molecule has 0 fully saturated rings. The van der Waals surface area contributed by atoms with Crippen molar-refractivity contribution >= 4 is 33.9 Å². The van der Waals surface area contributed by atoms with Gasteiger partial charge in [-0.2, -0.15) is 0 Å². The number of allylic oxidation sites excluding steroid dienone is 1. The van der Waals surface area contributed by atoms with E-state index < -0.39 is 0 Å². The lowest BCUT2D eigenvalue weighted by Crippen LogP contribution is -2.00. The fraction of sp³-hybridized carbons (Fsp3) is 0.0556. The number of aromatic nitrogens is 4. The van der Waals surface area contributed by atoms with Crippen LogP contribution in [0.25, 0.3) is 33.7 Å². The van der Waals surface area contributed by atoms with E-state index in [0.29, 0.717) is 17.2 Å². The summed E-state index contributed by atoms with van der Waals surface area (Å²) in [5, 5.41) is 0.696. The van der Waals surface area contributed by atoms with E-state index in [1.807, 2.05) is 59.2 Å². The number of benzene rings is 2. The van der Waals surface area contributed by atoms with Crippen LogP contribution in [0.5, 0.6) is 0 Å². The van der Waals surface area contributed by atoms with Crippen LogP contribution in [0.15, 0.2) is 61.2 Å². The molecule has 2 aromatic heterocycles. The number of hydrogen-bond donors (Lipinski definition) is 0. The molecule has 4 aromatic rings. The molecule has 0 saturated carbocycles. The molecule has 0 saturated heterocycles. The molecule has 4 rings (SSSR count). The fourth-order valence-electron chi connectivity index (χ4n) is 2.62. The highest BCUT2D eigenvalue weighted by Gasteiger charge is 2.15. The van der Waals surface area contributed by atoms with E-state index in [1.54, 1.807) is 0 Å². The first kappa shape index (κ1) is 13.9. The molecule has 0 bridgehead atoms. The maximum Gasteiger partial charge on any atom is 0.198 e. The molecule has 2 heterocycles. The normalized spacial score (nSPS) is 11.2. The minimum absolute atomic E-state index is 0.613. The Morgan fingerprint density at radius 1 is 0.957 bits per heavy atom. The zero-order valence-corrected chi connectivity index (χ0v) is 13.0. The van der Waals surface area contributed by atoms with Crippen LogP contribution in [-0.4, -0.2) is 19.5 Å². The SMILES string of the molecule is C=CCn1c(-c2ccc(Cl)cc2)nc2nc3ccccc3nc21. The predicted molar refractivity (Wildman–Crippen MR) is 93.5 cm³/mol. The lowest BCUT2D eigenvalue weighted by Gasteiger charge is -2.06. The lowest BCUT2D eigenvalue weighted by atomic mass is 10.2. The van der Waals surface area contributed by atoms with Gasteiger partial charge in [-0.3, -0.25) is 0 Å². The maximum absolute atomic E-state index is 5.98. The Labute approximate surface area is 138 Å². The molecule has 112 valence electrons. The molecule has 23 heavy (non-hydrogen) atoms. The summed E-state index contributed by atoms with van der Waals surface area (Å²) in [5.74, 6) is 0.812. The highest BCUT2D eigenvalue weighted by atomic mass is 35.5. The Morgan fingerprint density at radius 2 is 1.65 bits per heavy atom. The summed E-state index contributed by atoms with van der Waals surface area (Å²) < 4.78 is 2.02. The second kappa shape index (κ2) is 5.48. The van der Waals surface area contributed by atoms with Crippen molar-refractivity contribution in [1.29, 1.82) is 0 Å². The van der Waals surface area contributed by atoms with Gasteiger partial charge in [-0.15, -0.1) is 6.58 Å². The van der Waals surface area contributed by atoms with Crippen LogP contribution in [0.3, 0.4) is 0 Å². The average molecular weight is 321 g/mol. The quantitative estimate of drug-likeness (QED) is 0.522. The number of imidazole rings is 1. The Kier molecular flexibility index (Phi) is 3.32. The molecule has 0 radical (unpaired) electrons. The van der Waals surface area contributed by atoms with Gasteiger partial charge in [-0.25, -0.2) is 15.0 Å². The average Bonchev–Trinajstić information content (AvgIpc) is 2.92. The molecule has 0 aliphatic rings. The van der Waals surface area contributed by atoms with Crippen molar-refractivity contribution in [2.45, 2.75) is 6.54 Å². The number of hydrogen-bond acceptors (Lipinski definition) is 3. The summed E-state index contributed by atoms with van der Waals surface area (Å²) in [5.41, 5.74) is 4.06. The number of nitrogens with zero attached hydrogens (tertiary/aromatic N) is 4. The van der Waals surface area contributed by atoms with E-state index in [2.05, 4.69) is 16.5 Å². The van der Waals surface area contributed by atoms with Gasteiger partial charge in [0.25, 0.3) is 0 Å². The highest BCUT2D eigenvalue weighted by molar-refractivity contribution is 6.30. The number of fused-ring (bicyclic) bond motifs is 2. The van der Waals surface area contributed by atoms with Crippen molar-refractivity contribution in [2.24, 2.45) is 0 Å². The minimum atomic E-state index is 0.613. The Hall–Kier alpha value is -2.72. The number of rotatable bonds is 3. The number of halogens is 1. The first-order valence-electron chi connectivity index (χ1n) is 7.26. The van der Waals surface area contributed by atoms with E-state index in [4.69, 9.17) is 16.6 Å². The molecule has 0 amide bonds. The summed E-state index contributed by atoms with van der Waals surface area (Å²) >= 11 is 5.98. The van der Waals surface area contributed by atoms with Crippen molar-refractivity contribution in [3.63, 3.8) is 0 Å². The Balaban J connectivity index is 2.02. The van der Waals surface area contributed by atoms with E-state index in [-0.39, 0.29) is 0 Å². The molecular weight excluding hydrogens is 308 g/mol. The van der Waals surface area contributed by atoms with E-state index in [9.17, 15) is 0 Å². The van der Waals surface area contributed by atoms with Crippen LogP contribution in [0, 0.1) is 0 Å². The second-order valence-corrected chi connectivity index (χ2v) is 5.64. The summed E-state index contributed by atoms with van der Waals surface area (Å²) in [6, 6.07) is 15.4. The van der Waals surface area contributed by atoms with Gasteiger partial charge in [-0.1, -0.05) is 29.8 Å². The molecule has 0 unspecified atom stereocenters. The summed E-state index contributed by atoms with van der Waals surface area (Å²) in [7, 11) is 0. The zero-order valence-electron chi connectivity index (χ0n) is 12.3. The summed E-state index contributed by atoms with van der Waals surface area (Å²) in [4.78, 5) is 14.0. The van der Waals surface area contributed by atoms with Gasteiger partial charge in [0.15, 0.2) is 11.3 Å². The van der Waals surface area contributed by atoms with Gasteiger partial charge in [0, 0.05) is 17.1 Å².